The summed E-state index contributed by atoms with van der Waals surface area (Å²) in [7, 11) is 0. The fraction of sp³-hybridized carbons (Fsp3) is 0.592. The van der Waals surface area contributed by atoms with E-state index in [0.717, 1.165) is 186 Å². The fourth-order valence-corrected chi connectivity index (χ4v) is 8.52. The molecule has 0 aromatic heterocycles. The maximum Gasteiger partial charge on any atom is 0.306 e. The van der Waals surface area contributed by atoms with Crippen molar-refractivity contribution in [2.75, 3.05) is 13.2 Å². The molecule has 0 N–H and O–H groups in total. The van der Waals surface area contributed by atoms with Gasteiger partial charge in [0.2, 0.25) is 0 Å². The van der Waals surface area contributed by atoms with Crippen LogP contribution in [0.4, 0.5) is 0 Å². The maximum atomic E-state index is 12.9. The monoisotopic (exact) mass is 1130 g/mol. The smallest absolute Gasteiger partial charge is 0.306 e. The van der Waals surface area contributed by atoms with E-state index in [1.165, 1.54) is 44.9 Å². The average molecular weight is 1130 g/mol. The normalized spacial score (nSPS) is 13.3. The summed E-state index contributed by atoms with van der Waals surface area (Å²) in [5.41, 5.74) is 0. The van der Waals surface area contributed by atoms with Crippen molar-refractivity contribution in [2.45, 2.75) is 277 Å². The summed E-state index contributed by atoms with van der Waals surface area (Å²) >= 11 is 0. The second kappa shape index (κ2) is 68.3. The summed E-state index contributed by atoms with van der Waals surface area (Å²) < 4.78 is 16.9. The van der Waals surface area contributed by atoms with Gasteiger partial charge in [0.25, 0.3) is 0 Å². The highest BCUT2D eigenvalue weighted by atomic mass is 16.6. The second-order valence-electron chi connectivity index (χ2n) is 21.3. The van der Waals surface area contributed by atoms with Gasteiger partial charge in [0.05, 0.1) is 0 Å². The number of ether oxygens (including phenoxy) is 3. The molecular weight excluding hydrogens is 1010 g/mol. The molecule has 0 saturated carbocycles. The molecule has 6 heteroatoms. The molecule has 0 aliphatic heterocycles. The van der Waals surface area contributed by atoms with E-state index in [1.807, 2.05) is 0 Å². The number of esters is 3. The highest BCUT2D eigenvalue weighted by Crippen LogP contribution is 2.14. The van der Waals surface area contributed by atoms with Crippen LogP contribution in [0.25, 0.3) is 0 Å². The molecule has 0 aliphatic rings. The van der Waals surface area contributed by atoms with Crippen molar-refractivity contribution in [1.82, 2.24) is 0 Å². The molecular formula is C76H120O6. The summed E-state index contributed by atoms with van der Waals surface area (Å²) in [6.07, 6.45) is 101. The fourth-order valence-electron chi connectivity index (χ4n) is 8.52. The van der Waals surface area contributed by atoms with Crippen LogP contribution in [0.1, 0.15) is 271 Å². The average Bonchev–Trinajstić information content (AvgIpc) is 3.47. The lowest BCUT2D eigenvalue weighted by Crippen LogP contribution is -2.30. The first-order valence-corrected chi connectivity index (χ1v) is 33.1. The Bertz CT molecular complexity index is 1870. The van der Waals surface area contributed by atoms with Crippen LogP contribution in [0, 0.1) is 0 Å². The Morgan fingerprint density at radius 3 is 0.744 bits per heavy atom. The lowest BCUT2D eigenvalue weighted by molar-refractivity contribution is -0.167. The van der Waals surface area contributed by atoms with E-state index < -0.39 is 6.10 Å². The highest BCUT2D eigenvalue weighted by Gasteiger charge is 2.19. The molecule has 0 heterocycles. The zero-order valence-electron chi connectivity index (χ0n) is 52.7. The zero-order chi connectivity index (χ0) is 59.2. The molecule has 82 heavy (non-hydrogen) atoms. The largest absolute Gasteiger partial charge is 0.462 e. The summed E-state index contributed by atoms with van der Waals surface area (Å²) in [5, 5.41) is 0. The first-order chi connectivity index (χ1) is 40.5. The molecule has 0 bridgehead atoms. The Labute approximate surface area is 504 Å². The Kier molecular flexibility index (Phi) is 63.9. The van der Waals surface area contributed by atoms with Gasteiger partial charge in [-0.2, -0.15) is 0 Å². The van der Waals surface area contributed by atoms with Crippen LogP contribution < -0.4 is 0 Å². The number of carbonyl (C=O) groups excluding carboxylic acids is 3. The summed E-state index contributed by atoms with van der Waals surface area (Å²) in [6, 6.07) is 0. The van der Waals surface area contributed by atoms with Crippen molar-refractivity contribution in [2.24, 2.45) is 0 Å². The topological polar surface area (TPSA) is 78.9 Å². The minimum absolute atomic E-state index is 0.104. The van der Waals surface area contributed by atoms with Gasteiger partial charge in [0, 0.05) is 19.3 Å². The maximum absolute atomic E-state index is 12.9. The van der Waals surface area contributed by atoms with E-state index in [4.69, 9.17) is 14.2 Å². The predicted octanol–water partition coefficient (Wildman–Crippen LogP) is 23.0. The number of rotatable bonds is 58. The van der Waals surface area contributed by atoms with Crippen molar-refractivity contribution in [3.63, 3.8) is 0 Å². The quantitative estimate of drug-likeness (QED) is 0.0261. The number of allylic oxidation sites excluding steroid dienone is 28. The van der Waals surface area contributed by atoms with Gasteiger partial charge in [-0.3, -0.25) is 14.4 Å². The number of unbranched alkanes of at least 4 members (excludes halogenated alkanes) is 19. The minimum atomic E-state index is -0.810. The summed E-state index contributed by atoms with van der Waals surface area (Å²) in [4.78, 5) is 38.4. The van der Waals surface area contributed by atoms with Gasteiger partial charge in [-0.05, 0) is 148 Å². The predicted molar refractivity (Wildman–Crippen MR) is 357 cm³/mol. The molecule has 0 spiro atoms. The second-order valence-corrected chi connectivity index (χ2v) is 21.3. The van der Waals surface area contributed by atoms with E-state index in [1.54, 1.807) is 0 Å². The van der Waals surface area contributed by atoms with Crippen molar-refractivity contribution < 1.29 is 28.6 Å². The van der Waals surface area contributed by atoms with Gasteiger partial charge >= 0.3 is 17.9 Å². The number of hydrogen-bond acceptors (Lipinski definition) is 6. The van der Waals surface area contributed by atoms with Gasteiger partial charge in [-0.15, -0.1) is 0 Å². The van der Waals surface area contributed by atoms with E-state index in [2.05, 4.69) is 191 Å². The molecule has 1 unspecified atom stereocenters. The SMILES string of the molecule is CC/C=C\C/C=C\C/C=C\C/C=C\C/C=C\C/C=C\C/C=C\CCCCCCCCCC(=O)OCC(COC(=O)CCCCCCC/C=C\C/C=C\CCCC)OC(=O)CCCCCCC/C=C\C/C=C\C/C=C\C/C=C\C/C=C\CC. The van der Waals surface area contributed by atoms with Gasteiger partial charge in [-0.25, -0.2) is 0 Å². The van der Waals surface area contributed by atoms with Crippen LogP contribution in [0.5, 0.6) is 0 Å². The molecule has 1 atom stereocenters. The lowest BCUT2D eigenvalue weighted by Gasteiger charge is -2.18. The molecule has 0 aliphatic carbocycles. The van der Waals surface area contributed by atoms with Crippen molar-refractivity contribution in [1.29, 1.82) is 0 Å². The molecule has 0 saturated heterocycles. The molecule has 0 radical (unpaired) electrons. The van der Waals surface area contributed by atoms with Crippen LogP contribution in [-0.4, -0.2) is 37.2 Å². The zero-order valence-corrected chi connectivity index (χ0v) is 52.7. The third-order valence-electron chi connectivity index (χ3n) is 13.4. The molecule has 0 aromatic rings. The van der Waals surface area contributed by atoms with Crippen molar-refractivity contribution in [3.8, 4) is 0 Å². The molecule has 6 nitrogen and oxygen atoms in total. The van der Waals surface area contributed by atoms with Gasteiger partial charge in [0.1, 0.15) is 13.2 Å². The minimum Gasteiger partial charge on any atom is -0.462 e. The molecule has 0 fully saturated rings. The Balaban J connectivity index is 4.43. The standard InChI is InChI=1S/C76H120O6/c1-4-7-10-13-16-19-22-25-28-30-32-34-35-36-37-38-39-40-41-43-44-46-48-51-54-57-60-63-66-69-75(78)81-72-73(71-80-74(77)68-65-62-59-56-53-50-27-24-21-18-15-12-9-6-3)82-76(79)70-67-64-61-58-55-52-49-47-45-42-33-31-29-26-23-20-17-14-11-8-5-2/h7-8,10-11,15-20,24-29,32-34,36-37,39-40,42-44,47,49,73H,4-6,9,12-14,21-23,30-31,35,38,41,45-46,48,50-72H2,1-3H3/b10-7-,11-8-,18-15-,19-16-,20-17-,27-24-,28-25-,29-26-,34-32-,37-36-,40-39-,42-33-,44-43-,49-47-. The molecule has 0 aromatic carbocycles. The lowest BCUT2D eigenvalue weighted by atomic mass is 10.1. The summed E-state index contributed by atoms with van der Waals surface area (Å²) in [6.45, 7) is 6.33. The Morgan fingerprint density at radius 2 is 0.476 bits per heavy atom. The van der Waals surface area contributed by atoms with Crippen molar-refractivity contribution in [3.05, 3.63) is 170 Å². The molecule has 0 rings (SSSR count). The van der Waals surface area contributed by atoms with E-state index in [9.17, 15) is 14.4 Å². The third-order valence-corrected chi connectivity index (χ3v) is 13.4. The molecule has 460 valence electrons. The number of hydrogen-bond donors (Lipinski definition) is 0. The van der Waals surface area contributed by atoms with Crippen LogP contribution in [0.15, 0.2) is 170 Å². The summed E-state index contributed by atoms with van der Waals surface area (Å²) in [5.74, 6) is -0.950. The van der Waals surface area contributed by atoms with E-state index in [0.29, 0.717) is 19.3 Å². The van der Waals surface area contributed by atoms with E-state index in [-0.39, 0.29) is 31.1 Å². The van der Waals surface area contributed by atoms with E-state index >= 15 is 0 Å². The van der Waals surface area contributed by atoms with Crippen LogP contribution in [0.3, 0.4) is 0 Å². The Morgan fingerprint density at radius 1 is 0.256 bits per heavy atom. The number of carbonyl (C=O) groups is 3. The van der Waals surface area contributed by atoms with Gasteiger partial charge in [-0.1, -0.05) is 274 Å². The first-order valence-electron chi connectivity index (χ1n) is 33.1. The highest BCUT2D eigenvalue weighted by molar-refractivity contribution is 5.71. The van der Waals surface area contributed by atoms with Crippen LogP contribution in [0.2, 0.25) is 0 Å². The van der Waals surface area contributed by atoms with Gasteiger partial charge < -0.3 is 14.2 Å². The van der Waals surface area contributed by atoms with Crippen molar-refractivity contribution >= 4 is 17.9 Å². The molecule has 0 amide bonds. The van der Waals surface area contributed by atoms with Crippen LogP contribution >= 0.6 is 0 Å². The van der Waals surface area contributed by atoms with Crippen LogP contribution in [-0.2, 0) is 28.6 Å². The van der Waals surface area contributed by atoms with Gasteiger partial charge in [0.15, 0.2) is 6.10 Å². The third kappa shape index (κ3) is 65.6. The Hall–Kier alpha value is -5.23. The first kappa shape index (κ1) is 76.8.